The number of hydrogen-bond donors (Lipinski definition) is 0. The van der Waals surface area contributed by atoms with Crippen molar-refractivity contribution in [1.29, 1.82) is 0 Å². The van der Waals surface area contributed by atoms with Crippen LogP contribution in [0.3, 0.4) is 0 Å². The fourth-order valence-corrected chi connectivity index (χ4v) is 3.92. The zero-order chi connectivity index (χ0) is 16.9. The maximum Gasteiger partial charge on any atom is 0.188 e. The molecule has 0 N–H and O–H groups in total. The van der Waals surface area contributed by atoms with Gasteiger partial charge in [0.05, 0.1) is 19.2 Å². The molecule has 0 bridgehead atoms. The van der Waals surface area contributed by atoms with Crippen molar-refractivity contribution in [3.8, 4) is 11.5 Å². The van der Waals surface area contributed by atoms with Crippen LogP contribution in [0.1, 0.15) is 44.5 Å². The third-order valence-electron chi connectivity index (χ3n) is 3.29. The molecule has 2 atom stereocenters. The second-order valence-electron chi connectivity index (χ2n) is 6.74. The van der Waals surface area contributed by atoms with Gasteiger partial charge >= 0.3 is 0 Å². The number of ether oxygens (including phenoxy) is 2. The van der Waals surface area contributed by atoms with Gasteiger partial charge in [0, 0.05) is 0 Å². The maximum atomic E-state index is 12.6. The lowest BCUT2D eigenvalue weighted by atomic mass is 9.86. The highest BCUT2D eigenvalue weighted by Crippen LogP contribution is 2.40. The second-order valence-corrected chi connectivity index (χ2v) is 8.36. The molecule has 0 aliphatic carbocycles. The van der Waals surface area contributed by atoms with E-state index >= 15 is 0 Å². The Morgan fingerprint density at radius 1 is 1.27 bits per heavy atom. The predicted octanol–water partition coefficient (Wildman–Crippen LogP) is 5.25. The molecule has 1 rings (SSSR count). The molecule has 2 unspecified atom stereocenters. The zero-order valence-corrected chi connectivity index (χ0v) is 16.0. The summed E-state index contributed by atoms with van der Waals surface area (Å²) in [6, 6.07) is 3.39. The molecule has 0 aromatic heterocycles. The van der Waals surface area contributed by atoms with Crippen LogP contribution in [0.25, 0.3) is 0 Å². The maximum absolute atomic E-state index is 12.6. The summed E-state index contributed by atoms with van der Waals surface area (Å²) in [4.78, 5) is 12.6. The third-order valence-corrected chi connectivity index (χ3v) is 5.06. The third kappa shape index (κ3) is 5.44. The predicted molar refractivity (Wildman–Crippen MR) is 95.3 cm³/mol. The van der Waals surface area contributed by atoms with Crippen molar-refractivity contribution >= 4 is 25.7 Å². The van der Waals surface area contributed by atoms with Gasteiger partial charge in [-0.1, -0.05) is 39.3 Å². The van der Waals surface area contributed by atoms with Crippen LogP contribution in [0.15, 0.2) is 12.1 Å². The Bertz CT molecular complexity index is 523. The number of benzene rings is 1. The lowest BCUT2D eigenvalue weighted by Crippen LogP contribution is -2.13. The number of rotatable bonds is 7. The molecule has 0 spiro atoms. The fraction of sp³-hybridized carbons (Fsp3) is 0.588. The number of carbonyl (C=O) groups excluding carboxylic acids is 1. The van der Waals surface area contributed by atoms with Gasteiger partial charge < -0.3 is 9.47 Å². The van der Waals surface area contributed by atoms with E-state index in [0.717, 1.165) is 12.6 Å². The fourth-order valence-electron chi connectivity index (χ4n) is 2.60. The molecule has 3 nitrogen and oxygen atoms in total. The standard InChI is InChI=1S/C17H26ClO3P/c1-11(9-17(2,3)4)10-22-16(19)14-13(20-5)8-7-12(18)15(14)21-6/h7-8,11,22H,9-10H2,1-6H3. The first-order valence-corrected chi connectivity index (χ1v) is 8.96. The smallest absolute Gasteiger partial charge is 0.188 e. The Morgan fingerprint density at radius 3 is 2.41 bits per heavy atom. The molecule has 0 saturated carbocycles. The van der Waals surface area contributed by atoms with E-state index in [1.54, 1.807) is 19.2 Å². The van der Waals surface area contributed by atoms with E-state index in [1.165, 1.54) is 7.11 Å². The summed E-state index contributed by atoms with van der Waals surface area (Å²) < 4.78 is 10.6. The van der Waals surface area contributed by atoms with Crippen LogP contribution >= 0.6 is 20.2 Å². The van der Waals surface area contributed by atoms with Gasteiger partial charge in [0.25, 0.3) is 0 Å². The largest absolute Gasteiger partial charge is 0.496 e. The topological polar surface area (TPSA) is 35.5 Å². The Balaban J connectivity index is 2.87. The van der Waals surface area contributed by atoms with Gasteiger partial charge in [0.15, 0.2) is 11.3 Å². The van der Waals surface area contributed by atoms with E-state index in [2.05, 4.69) is 27.7 Å². The van der Waals surface area contributed by atoms with Gasteiger partial charge in [-0.25, -0.2) is 0 Å². The molecule has 22 heavy (non-hydrogen) atoms. The average molecular weight is 345 g/mol. The van der Waals surface area contributed by atoms with Crippen molar-refractivity contribution in [2.24, 2.45) is 11.3 Å². The van der Waals surface area contributed by atoms with Crippen LogP contribution in [-0.4, -0.2) is 25.9 Å². The van der Waals surface area contributed by atoms with E-state index in [-0.39, 0.29) is 19.5 Å². The molecule has 1 aromatic rings. The minimum atomic E-state index is 0.0389. The van der Waals surface area contributed by atoms with Crippen LogP contribution in [0.2, 0.25) is 5.02 Å². The molecule has 0 aliphatic rings. The molecule has 0 saturated heterocycles. The average Bonchev–Trinajstić information content (AvgIpc) is 2.42. The summed E-state index contributed by atoms with van der Waals surface area (Å²) in [5.74, 6) is 1.42. The first kappa shape index (κ1) is 19.3. The first-order chi connectivity index (χ1) is 10.2. The van der Waals surface area contributed by atoms with E-state index in [9.17, 15) is 4.79 Å². The van der Waals surface area contributed by atoms with Crippen molar-refractivity contribution in [2.45, 2.75) is 34.1 Å². The van der Waals surface area contributed by atoms with Crippen molar-refractivity contribution < 1.29 is 14.3 Å². The van der Waals surface area contributed by atoms with Crippen molar-refractivity contribution in [3.05, 3.63) is 22.7 Å². The summed E-state index contributed by atoms with van der Waals surface area (Å²) >= 11 is 6.12. The number of halogens is 1. The van der Waals surface area contributed by atoms with Crippen LogP contribution < -0.4 is 9.47 Å². The Hall–Kier alpha value is -0.790. The molecular formula is C17H26ClO3P. The van der Waals surface area contributed by atoms with E-state index in [1.807, 2.05) is 0 Å². The molecule has 0 aliphatic heterocycles. The van der Waals surface area contributed by atoms with Crippen molar-refractivity contribution in [3.63, 3.8) is 0 Å². The van der Waals surface area contributed by atoms with Gasteiger partial charge in [-0.2, -0.15) is 0 Å². The number of methoxy groups -OCH3 is 2. The van der Waals surface area contributed by atoms with E-state index in [4.69, 9.17) is 21.1 Å². The quantitative estimate of drug-likeness (QED) is 0.634. The molecule has 1 aromatic carbocycles. The molecule has 0 radical (unpaired) electrons. The van der Waals surface area contributed by atoms with Gasteiger partial charge in [0.1, 0.15) is 11.3 Å². The Morgan fingerprint density at radius 2 is 1.91 bits per heavy atom. The van der Waals surface area contributed by atoms with Crippen molar-refractivity contribution in [2.75, 3.05) is 20.4 Å². The first-order valence-electron chi connectivity index (χ1n) is 7.38. The summed E-state index contributed by atoms with van der Waals surface area (Å²) in [6.45, 7) is 8.85. The van der Waals surface area contributed by atoms with Gasteiger partial charge in [-0.05, 0) is 44.6 Å². The SMILES string of the molecule is COc1ccc(Cl)c(OC)c1C(=O)PCC(C)CC(C)(C)C. The molecule has 0 fully saturated rings. The minimum Gasteiger partial charge on any atom is -0.496 e. The lowest BCUT2D eigenvalue weighted by molar-refractivity contribution is 0.107. The van der Waals surface area contributed by atoms with Gasteiger partial charge in [0.2, 0.25) is 0 Å². The summed E-state index contributed by atoms with van der Waals surface area (Å²) in [5, 5.41) is 0.430. The molecule has 0 amide bonds. The molecule has 5 heteroatoms. The summed E-state index contributed by atoms with van der Waals surface area (Å²) in [7, 11) is 3.25. The van der Waals surface area contributed by atoms with E-state index in [0.29, 0.717) is 28.0 Å². The highest BCUT2D eigenvalue weighted by molar-refractivity contribution is 7.58. The lowest BCUT2D eigenvalue weighted by Gasteiger charge is -2.23. The summed E-state index contributed by atoms with van der Waals surface area (Å²) in [6.07, 6.45) is 1.96. The van der Waals surface area contributed by atoms with Crippen LogP contribution in [-0.2, 0) is 0 Å². The zero-order valence-electron chi connectivity index (χ0n) is 14.2. The highest BCUT2D eigenvalue weighted by atomic mass is 35.5. The number of carbonyl (C=O) groups is 1. The Kier molecular flexibility index (Phi) is 7.15. The van der Waals surface area contributed by atoms with E-state index < -0.39 is 0 Å². The normalized spacial score (nSPS) is 13.4. The Labute approximate surface area is 140 Å². The van der Waals surface area contributed by atoms with Gasteiger partial charge in [-0.3, -0.25) is 4.79 Å². The molecule has 124 valence electrons. The van der Waals surface area contributed by atoms with Gasteiger partial charge in [-0.15, -0.1) is 0 Å². The van der Waals surface area contributed by atoms with Crippen LogP contribution in [0, 0.1) is 11.3 Å². The monoisotopic (exact) mass is 344 g/mol. The number of hydrogen-bond acceptors (Lipinski definition) is 3. The molecule has 0 heterocycles. The van der Waals surface area contributed by atoms with Crippen LogP contribution in [0.4, 0.5) is 0 Å². The summed E-state index contributed by atoms with van der Waals surface area (Å²) in [5.41, 5.74) is 0.772. The van der Waals surface area contributed by atoms with Crippen LogP contribution in [0.5, 0.6) is 11.5 Å². The highest BCUT2D eigenvalue weighted by Gasteiger charge is 2.22. The molecular weight excluding hydrogens is 319 g/mol. The minimum absolute atomic E-state index is 0.0389. The van der Waals surface area contributed by atoms with Crippen molar-refractivity contribution in [1.82, 2.24) is 0 Å². The second kappa shape index (κ2) is 8.17.